The Kier molecular flexibility index (Phi) is 4.84. The van der Waals surface area contributed by atoms with Gasteiger partial charge in [0.05, 0.1) is 12.2 Å². The van der Waals surface area contributed by atoms with Crippen molar-refractivity contribution in [2.75, 3.05) is 31.1 Å². The lowest BCUT2D eigenvalue weighted by molar-refractivity contribution is -0.113. The third-order valence-electron chi connectivity index (χ3n) is 5.62. The molecule has 7 heteroatoms. The van der Waals surface area contributed by atoms with Crippen LogP contribution < -0.4 is 9.64 Å². The van der Waals surface area contributed by atoms with Gasteiger partial charge in [0.15, 0.2) is 5.78 Å². The first-order chi connectivity index (χ1) is 12.9. The fourth-order valence-corrected chi connectivity index (χ4v) is 4.36. The van der Waals surface area contributed by atoms with Crippen molar-refractivity contribution in [3.63, 3.8) is 0 Å². The number of likely N-dealkylation sites (tertiary alicyclic amines) is 1. The highest BCUT2D eigenvalue weighted by Crippen LogP contribution is 2.34. The molecular weight excluding hydrogens is 364 g/mol. The Hall–Kier alpha value is -2.08. The molecule has 2 saturated heterocycles. The van der Waals surface area contributed by atoms with E-state index >= 15 is 0 Å². The number of ether oxygens (including phenoxy) is 1. The third kappa shape index (κ3) is 3.68. The second-order valence-electron chi connectivity index (χ2n) is 7.99. The van der Waals surface area contributed by atoms with E-state index in [1.807, 2.05) is 12.3 Å². The number of rotatable bonds is 4. The topological polar surface area (TPSA) is 58.0 Å². The number of allylic oxidation sites excluding steroid dienone is 1. The van der Waals surface area contributed by atoms with E-state index in [-0.39, 0.29) is 29.0 Å². The molecular formula is C20H25ClN4O2. The molecule has 27 heavy (non-hydrogen) atoms. The van der Waals surface area contributed by atoms with Crippen LogP contribution in [0.25, 0.3) is 0 Å². The van der Waals surface area contributed by atoms with E-state index in [2.05, 4.69) is 39.7 Å². The second-order valence-corrected chi connectivity index (χ2v) is 8.36. The van der Waals surface area contributed by atoms with E-state index in [9.17, 15) is 4.79 Å². The predicted molar refractivity (Wildman–Crippen MR) is 107 cm³/mol. The van der Waals surface area contributed by atoms with Gasteiger partial charge in [-0.2, -0.15) is 0 Å². The van der Waals surface area contributed by atoms with E-state index in [4.69, 9.17) is 16.3 Å². The van der Waals surface area contributed by atoms with Crippen LogP contribution in [0.5, 0.6) is 5.88 Å². The second kappa shape index (κ2) is 7.15. The number of pyridine rings is 1. The Morgan fingerprint density at radius 3 is 2.96 bits per heavy atom. The third-order valence-corrected chi connectivity index (χ3v) is 6.03. The summed E-state index contributed by atoms with van der Waals surface area (Å²) >= 11 is 6.18. The summed E-state index contributed by atoms with van der Waals surface area (Å²) in [6.07, 6.45) is 6.79. The Balaban J connectivity index is 1.44. The van der Waals surface area contributed by atoms with Crippen LogP contribution in [-0.4, -0.2) is 59.7 Å². The average molecular weight is 389 g/mol. The highest BCUT2D eigenvalue weighted by Gasteiger charge is 2.33. The fourth-order valence-electron chi connectivity index (χ4n) is 4.14. The van der Waals surface area contributed by atoms with Crippen LogP contribution in [0.4, 0.5) is 5.69 Å². The van der Waals surface area contributed by atoms with Crippen molar-refractivity contribution >= 4 is 29.3 Å². The highest BCUT2D eigenvalue weighted by atomic mass is 35.5. The van der Waals surface area contributed by atoms with E-state index in [1.165, 1.54) is 12.8 Å². The van der Waals surface area contributed by atoms with Crippen LogP contribution in [0.3, 0.4) is 0 Å². The summed E-state index contributed by atoms with van der Waals surface area (Å²) in [7, 11) is 0. The molecule has 3 aliphatic heterocycles. The number of hydrogen-bond donors (Lipinski definition) is 0. The molecule has 0 amide bonds. The summed E-state index contributed by atoms with van der Waals surface area (Å²) in [5, 5.41) is 0.280. The van der Waals surface area contributed by atoms with Crippen LogP contribution in [0, 0.1) is 0 Å². The molecule has 2 fully saturated rings. The molecule has 0 aromatic carbocycles. The Bertz CT molecular complexity index is 805. The molecule has 0 unspecified atom stereocenters. The summed E-state index contributed by atoms with van der Waals surface area (Å²) in [5.74, 6) is 0.525. The summed E-state index contributed by atoms with van der Waals surface area (Å²) in [6, 6.07) is 4.09. The first-order valence-electron chi connectivity index (χ1n) is 9.52. The van der Waals surface area contributed by atoms with Crippen molar-refractivity contribution in [3.8, 4) is 5.88 Å². The standard InChI is InChI=1S/C20H25ClN4O2/c1-20(2)6-3-8-25(20)14-4-7-23-18(10-14)27-15-5-9-24(13-15)16-11-22-12-17(26)19(16)21/h4,7,10-11,15H,3,5-6,8-9,12-13H2,1-2H3/t15-/m1/s1. The van der Waals surface area contributed by atoms with Gasteiger partial charge in [-0.15, -0.1) is 0 Å². The van der Waals surface area contributed by atoms with Gasteiger partial charge in [-0.25, -0.2) is 4.98 Å². The van der Waals surface area contributed by atoms with Gasteiger partial charge in [-0.3, -0.25) is 9.79 Å². The van der Waals surface area contributed by atoms with Crippen molar-refractivity contribution in [2.24, 2.45) is 4.99 Å². The molecule has 6 nitrogen and oxygen atoms in total. The van der Waals surface area contributed by atoms with Crippen molar-refractivity contribution in [1.82, 2.24) is 9.88 Å². The van der Waals surface area contributed by atoms with Crippen LogP contribution in [0.2, 0.25) is 0 Å². The first-order valence-corrected chi connectivity index (χ1v) is 9.90. The van der Waals surface area contributed by atoms with Gasteiger partial charge in [0.1, 0.15) is 17.7 Å². The monoisotopic (exact) mass is 388 g/mol. The van der Waals surface area contributed by atoms with E-state index < -0.39 is 0 Å². The molecule has 0 radical (unpaired) electrons. The number of hydrogen-bond acceptors (Lipinski definition) is 6. The van der Waals surface area contributed by atoms with Gasteiger partial charge in [-0.05, 0) is 32.8 Å². The highest BCUT2D eigenvalue weighted by molar-refractivity contribution is 6.44. The van der Waals surface area contributed by atoms with Crippen molar-refractivity contribution in [2.45, 2.75) is 44.8 Å². The SMILES string of the molecule is CC1(C)CCCN1c1ccnc(O[C@@H]2CCN(C3=C(Cl)C(=O)CN=C3)C2)c1. The smallest absolute Gasteiger partial charge is 0.215 e. The van der Waals surface area contributed by atoms with Gasteiger partial charge in [0.2, 0.25) is 5.88 Å². The first kappa shape index (κ1) is 18.3. The molecule has 4 heterocycles. The molecule has 0 bridgehead atoms. The number of Topliss-reactive ketones (excluding diaryl/α,β-unsaturated/α-hetero) is 1. The lowest BCUT2D eigenvalue weighted by atomic mass is 10.0. The maximum atomic E-state index is 11.8. The molecule has 4 rings (SSSR count). The number of aliphatic imine (C=N–C) groups is 1. The van der Waals surface area contributed by atoms with Gasteiger partial charge < -0.3 is 14.5 Å². The maximum Gasteiger partial charge on any atom is 0.215 e. The Morgan fingerprint density at radius 2 is 2.19 bits per heavy atom. The van der Waals surface area contributed by atoms with Crippen LogP contribution in [-0.2, 0) is 4.79 Å². The number of anilines is 1. The molecule has 0 spiro atoms. The minimum Gasteiger partial charge on any atom is -0.472 e. The minimum absolute atomic E-state index is 0.0155. The molecule has 0 aliphatic carbocycles. The lowest BCUT2D eigenvalue weighted by Crippen LogP contribution is -2.38. The van der Waals surface area contributed by atoms with E-state index in [0.717, 1.165) is 25.2 Å². The number of dihydropyridines is 1. The molecule has 1 atom stereocenters. The summed E-state index contributed by atoms with van der Waals surface area (Å²) in [4.78, 5) is 24.8. The molecule has 0 N–H and O–H groups in total. The van der Waals surface area contributed by atoms with Crippen LogP contribution in [0.15, 0.2) is 34.1 Å². The molecule has 1 aromatic rings. The summed E-state index contributed by atoms with van der Waals surface area (Å²) in [5.41, 5.74) is 2.03. The van der Waals surface area contributed by atoms with Gasteiger partial charge in [-0.1, -0.05) is 11.6 Å². The number of halogens is 1. The number of nitrogens with zero attached hydrogens (tertiary/aromatic N) is 4. The number of aromatic nitrogens is 1. The zero-order chi connectivity index (χ0) is 19.0. The van der Waals surface area contributed by atoms with Crippen LogP contribution >= 0.6 is 11.6 Å². The fraction of sp³-hybridized carbons (Fsp3) is 0.550. The maximum absolute atomic E-state index is 11.8. The van der Waals surface area contributed by atoms with Crippen molar-refractivity contribution in [3.05, 3.63) is 29.1 Å². The minimum atomic E-state index is -0.124. The number of ketones is 1. The van der Waals surface area contributed by atoms with Crippen molar-refractivity contribution < 1.29 is 9.53 Å². The predicted octanol–water partition coefficient (Wildman–Crippen LogP) is 3.02. The number of carbonyl (C=O) groups is 1. The molecule has 3 aliphatic rings. The van der Waals surface area contributed by atoms with Crippen molar-refractivity contribution in [1.29, 1.82) is 0 Å². The Morgan fingerprint density at radius 1 is 1.33 bits per heavy atom. The molecule has 144 valence electrons. The van der Waals surface area contributed by atoms with E-state index in [0.29, 0.717) is 18.1 Å². The largest absolute Gasteiger partial charge is 0.472 e. The van der Waals surface area contributed by atoms with E-state index in [1.54, 1.807) is 6.21 Å². The quantitative estimate of drug-likeness (QED) is 0.793. The van der Waals surface area contributed by atoms with Gasteiger partial charge in [0, 0.05) is 49.2 Å². The Labute approximate surface area is 164 Å². The lowest BCUT2D eigenvalue weighted by Gasteiger charge is -2.33. The summed E-state index contributed by atoms with van der Waals surface area (Å²) < 4.78 is 6.15. The summed E-state index contributed by atoms with van der Waals surface area (Å²) in [6.45, 7) is 7.22. The van der Waals surface area contributed by atoms with Gasteiger partial charge in [0.25, 0.3) is 0 Å². The molecule has 1 aromatic heterocycles. The number of carbonyl (C=O) groups excluding carboxylic acids is 1. The average Bonchev–Trinajstić information content (AvgIpc) is 3.23. The van der Waals surface area contributed by atoms with Gasteiger partial charge >= 0.3 is 0 Å². The van der Waals surface area contributed by atoms with Crippen LogP contribution in [0.1, 0.15) is 33.1 Å². The normalized spacial score (nSPS) is 24.9. The molecule has 0 saturated carbocycles. The zero-order valence-corrected chi connectivity index (χ0v) is 16.6. The zero-order valence-electron chi connectivity index (χ0n) is 15.8.